The molecule has 0 radical (unpaired) electrons. The molecule has 0 aliphatic carbocycles. The van der Waals surface area contributed by atoms with Crippen LogP contribution in [0.2, 0.25) is 0 Å². The summed E-state index contributed by atoms with van der Waals surface area (Å²) in [5.41, 5.74) is 3.56. The quantitative estimate of drug-likeness (QED) is 0.821. The number of aromatic nitrogens is 1. The molecule has 0 fully saturated rings. The predicted molar refractivity (Wildman–Crippen MR) is 86.2 cm³/mol. The summed E-state index contributed by atoms with van der Waals surface area (Å²) < 4.78 is 0. The first kappa shape index (κ1) is 15.7. The number of rotatable bonds is 7. The first-order valence-electron chi connectivity index (χ1n) is 7.51. The zero-order valence-corrected chi connectivity index (χ0v) is 12.8. The van der Waals surface area contributed by atoms with Crippen molar-refractivity contribution in [3.63, 3.8) is 0 Å². The zero-order chi connectivity index (χ0) is 15.1. The van der Waals surface area contributed by atoms with Crippen LogP contribution in [-0.4, -0.2) is 22.7 Å². The van der Waals surface area contributed by atoms with E-state index in [0.717, 1.165) is 25.2 Å². The molecular formula is C18H24N2O. The molecule has 1 aromatic heterocycles. The molecule has 1 heterocycles. The Morgan fingerprint density at radius 1 is 1.14 bits per heavy atom. The number of aliphatic hydroxyl groups excluding tert-OH is 1. The minimum absolute atomic E-state index is 0.294. The van der Waals surface area contributed by atoms with Gasteiger partial charge in [-0.1, -0.05) is 36.4 Å². The van der Waals surface area contributed by atoms with Gasteiger partial charge < -0.3 is 10.4 Å². The fourth-order valence-corrected chi connectivity index (χ4v) is 2.56. The van der Waals surface area contributed by atoms with Gasteiger partial charge in [-0.25, -0.2) is 0 Å². The third-order valence-corrected chi connectivity index (χ3v) is 3.72. The van der Waals surface area contributed by atoms with Crippen molar-refractivity contribution in [3.05, 3.63) is 65.5 Å². The number of nitrogens with one attached hydrogen (secondary N) is 1. The summed E-state index contributed by atoms with van der Waals surface area (Å²) in [6.45, 7) is 5.54. The highest BCUT2D eigenvalue weighted by Gasteiger charge is 2.13. The lowest BCUT2D eigenvalue weighted by atomic mass is 9.93. The van der Waals surface area contributed by atoms with Gasteiger partial charge in [0.05, 0.1) is 6.10 Å². The minimum Gasteiger partial charge on any atom is -0.393 e. The molecule has 2 N–H and O–H groups in total. The van der Waals surface area contributed by atoms with Crippen molar-refractivity contribution in [2.75, 3.05) is 6.54 Å². The molecule has 3 heteroatoms. The normalized spacial score (nSPS) is 13.9. The monoisotopic (exact) mass is 284 g/mol. The minimum atomic E-state index is -0.294. The van der Waals surface area contributed by atoms with E-state index in [0.29, 0.717) is 5.92 Å². The Morgan fingerprint density at radius 3 is 2.57 bits per heavy atom. The number of hydrogen-bond acceptors (Lipinski definition) is 3. The average Bonchev–Trinajstić information content (AvgIpc) is 2.49. The maximum absolute atomic E-state index is 9.71. The Balaban J connectivity index is 1.95. The molecule has 21 heavy (non-hydrogen) atoms. The molecule has 0 aliphatic rings. The summed E-state index contributed by atoms with van der Waals surface area (Å²) in [4.78, 5) is 4.30. The van der Waals surface area contributed by atoms with Crippen LogP contribution >= 0.6 is 0 Å². The lowest BCUT2D eigenvalue weighted by molar-refractivity contribution is 0.173. The highest BCUT2D eigenvalue weighted by Crippen LogP contribution is 2.20. The third-order valence-electron chi connectivity index (χ3n) is 3.72. The zero-order valence-electron chi connectivity index (χ0n) is 12.8. The van der Waals surface area contributed by atoms with Gasteiger partial charge in [0, 0.05) is 25.0 Å². The van der Waals surface area contributed by atoms with Crippen molar-refractivity contribution >= 4 is 0 Å². The molecule has 0 bridgehead atoms. The summed E-state index contributed by atoms with van der Waals surface area (Å²) in [6.07, 6.45) is 2.29. The smallest absolute Gasteiger partial charge is 0.0518 e. The summed E-state index contributed by atoms with van der Waals surface area (Å²) in [5.74, 6) is 0.322. The topological polar surface area (TPSA) is 45.2 Å². The Labute approximate surface area is 127 Å². The lowest BCUT2D eigenvalue weighted by Gasteiger charge is -2.20. The molecule has 0 saturated heterocycles. The van der Waals surface area contributed by atoms with E-state index in [-0.39, 0.29) is 6.10 Å². The van der Waals surface area contributed by atoms with Crippen molar-refractivity contribution in [2.24, 2.45) is 0 Å². The van der Waals surface area contributed by atoms with Crippen molar-refractivity contribution in [3.8, 4) is 0 Å². The number of aryl methyl sites for hydroxylation is 1. The number of aliphatic hydroxyl groups is 1. The van der Waals surface area contributed by atoms with E-state index in [1.165, 1.54) is 11.1 Å². The SMILES string of the molecule is Cc1ncccc1CNCC(CC(C)O)c1ccccc1. The Bertz CT molecular complexity index is 540. The first-order valence-corrected chi connectivity index (χ1v) is 7.51. The van der Waals surface area contributed by atoms with Gasteiger partial charge in [0.25, 0.3) is 0 Å². The third kappa shape index (κ3) is 4.96. The summed E-state index contributed by atoms with van der Waals surface area (Å²) in [5, 5.41) is 13.2. The van der Waals surface area contributed by atoms with E-state index in [9.17, 15) is 5.11 Å². The van der Waals surface area contributed by atoms with Crippen LogP contribution in [0.5, 0.6) is 0 Å². The van der Waals surface area contributed by atoms with Crippen LogP contribution in [0.4, 0.5) is 0 Å². The molecule has 1 aromatic carbocycles. The number of benzene rings is 1. The highest BCUT2D eigenvalue weighted by molar-refractivity contribution is 5.21. The molecule has 2 unspecified atom stereocenters. The standard InChI is InChI=1S/C18H24N2O/c1-14(21)11-18(16-7-4-3-5-8-16)13-19-12-17-9-6-10-20-15(17)2/h3-10,14,18-19,21H,11-13H2,1-2H3. The maximum atomic E-state index is 9.71. The van der Waals surface area contributed by atoms with Gasteiger partial charge in [-0.15, -0.1) is 0 Å². The van der Waals surface area contributed by atoms with E-state index >= 15 is 0 Å². The second-order valence-electron chi connectivity index (χ2n) is 5.57. The molecule has 3 nitrogen and oxygen atoms in total. The van der Waals surface area contributed by atoms with Crippen molar-refractivity contribution in [1.29, 1.82) is 0 Å². The van der Waals surface area contributed by atoms with Crippen molar-refractivity contribution in [2.45, 2.75) is 38.8 Å². The van der Waals surface area contributed by atoms with Gasteiger partial charge in [0.2, 0.25) is 0 Å². The van der Waals surface area contributed by atoms with E-state index in [4.69, 9.17) is 0 Å². The molecule has 2 rings (SSSR count). The second kappa shape index (κ2) is 7.91. The van der Waals surface area contributed by atoms with Crippen LogP contribution < -0.4 is 5.32 Å². The van der Waals surface area contributed by atoms with Crippen LogP contribution in [0.3, 0.4) is 0 Å². The molecule has 2 aromatic rings. The van der Waals surface area contributed by atoms with E-state index in [2.05, 4.69) is 40.6 Å². The lowest BCUT2D eigenvalue weighted by Crippen LogP contribution is -2.24. The highest BCUT2D eigenvalue weighted by atomic mass is 16.3. The van der Waals surface area contributed by atoms with Gasteiger partial charge >= 0.3 is 0 Å². The first-order chi connectivity index (χ1) is 10.2. The molecule has 0 saturated carbocycles. The molecule has 0 aliphatic heterocycles. The Morgan fingerprint density at radius 2 is 1.90 bits per heavy atom. The molecule has 2 atom stereocenters. The fourth-order valence-electron chi connectivity index (χ4n) is 2.56. The molecule has 0 spiro atoms. The van der Waals surface area contributed by atoms with Crippen LogP contribution in [0, 0.1) is 6.92 Å². The van der Waals surface area contributed by atoms with Crippen LogP contribution in [0.25, 0.3) is 0 Å². The fraction of sp³-hybridized carbons (Fsp3) is 0.389. The summed E-state index contributed by atoms with van der Waals surface area (Å²) in [6, 6.07) is 14.4. The van der Waals surface area contributed by atoms with Gasteiger partial charge in [-0.2, -0.15) is 0 Å². The van der Waals surface area contributed by atoms with Crippen LogP contribution in [-0.2, 0) is 6.54 Å². The van der Waals surface area contributed by atoms with Gasteiger partial charge in [-0.05, 0) is 43.4 Å². The van der Waals surface area contributed by atoms with Gasteiger partial charge in [0.1, 0.15) is 0 Å². The average molecular weight is 284 g/mol. The second-order valence-corrected chi connectivity index (χ2v) is 5.57. The predicted octanol–water partition coefficient (Wildman–Crippen LogP) is 3.03. The Hall–Kier alpha value is -1.71. The van der Waals surface area contributed by atoms with E-state index in [1.807, 2.05) is 32.2 Å². The van der Waals surface area contributed by atoms with Crippen molar-refractivity contribution < 1.29 is 5.11 Å². The largest absolute Gasteiger partial charge is 0.393 e. The van der Waals surface area contributed by atoms with Gasteiger partial charge in [-0.3, -0.25) is 4.98 Å². The van der Waals surface area contributed by atoms with E-state index in [1.54, 1.807) is 0 Å². The number of nitrogens with zero attached hydrogens (tertiary/aromatic N) is 1. The molecule has 0 amide bonds. The molecular weight excluding hydrogens is 260 g/mol. The van der Waals surface area contributed by atoms with Crippen molar-refractivity contribution in [1.82, 2.24) is 10.3 Å². The maximum Gasteiger partial charge on any atom is 0.0518 e. The Kier molecular flexibility index (Phi) is 5.90. The van der Waals surface area contributed by atoms with E-state index < -0.39 is 0 Å². The molecule has 112 valence electrons. The van der Waals surface area contributed by atoms with Gasteiger partial charge in [0.15, 0.2) is 0 Å². The summed E-state index contributed by atoms with van der Waals surface area (Å²) in [7, 11) is 0. The summed E-state index contributed by atoms with van der Waals surface area (Å²) >= 11 is 0. The van der Waals surface area contributed by atoms with Crippen LogP contribution in [0.15, 0.2) is 48.7 Å². The number of pyridine rings is 1. The van der Waals surface area contributed by atoms with Crippen LogP contribution in [0.1, 0.15) is 36.1 Å². The number of hydrogen-bond donors (Lipinski definition) is 2.